The van der Waals surface area contributed by atoms with Crippen LogP contribution in [-0.2, 0) is 14.8 Å². The van der Waals surface area contributed by atoms with Crippen molar-refractivity contribution in [3.63, 3.8) is 0 Å². The Labute approximate surface area is 97.2 Å². The molecule has 0 amide bonds. The molecule has 2 fully saturated rings. The highest BCUT2D eigenvalue weighted by Gasteiger charge is 2.31. The SMILES string of the molecule is CN(C1CCOC1)S(=O)(=O)CC1CCCN1. The van der Waals surface area contributed by atoms with Crippen LogP contribution in [0.4, 0.5) is 0 Å². The van der Waals surface area contributed by atoms with Gasteiger partial charge in [-0.05, 0) is 25.8 Å². The molecule has 0 aliphatic carbocycles. The van der Waals surface area contributed by atoms with Crippen LogP contribution in [0.1, 0.15) is 19.3 Å². The Morgan fingerprint density at radius 3 is 2.81 bits per heavy atom. The molecular weight excluding hydrogens is 228 g/mol. The fourth-order valence-electron chi connectivity index (χ4n) is 2.31. The number of hydrogen-bond acceptors (Lipinski definition) is 4. The minimum Gasteiger partial charge on any atom is -0.380 e. The van der Waals surface area contributed by atoms with E-state index in [1.54, 1.807) is 7.05 Å². The second-order valence-electron chi connectivity index (χ2n) is 4.61. The zero-order valence-electron chi connectivity index (χ0n) is 9.68. The Hall–Kier alpha value is -0.170. The van der Waals surface area contributed by atoms with Gasteiger partial charge in [-0.3, -0.25) is 0 Å². The van der Waals surface area contributed by atoms with Gasteiger partial charge in [-0.1, -0.05) is 0 Å². The molecule has 2 heterocycles. The third-order valence-electron chi connectivity index (χ3n) is 3.43. The van der Waals surface area contributed by atoms with Crippen LogP contribution >= 0.6 is 0 Å². The Morgan fingerprint density at radius 1 is 1.44 bits per heavy atom. The molecule has 2 aliphatic heterocycles. The fraction of sp³-hybridized carbons (Fsp3) is 1.00. The fourth-order valence-corrected chi connectivity index (χ4v) is 3.96. The van der Waals surface area contributed by atoms with E-state index >= 15 is 0 Å². The molecule has 0 radical (unpaired) electrons. The molecule has 1 N–H and O–H groups in total. The largest absolute Gasteiger partial charge is 0.380 e. The van der Waals surface area contributed by atoms with E-state index in [-0.39, 0.29) is 17.8 Å². The highest BCUT2D eigenvalue weighted by atomic mass is 32.2. The van der Waals surface area contributed by atoms with E-state index in [4.69, 9.17) is 4.74 Å². The lowest BCUT2D eigenvalue weighted by Gasteiger charge is -2.24. The molecule has 2 atom stereocenters. The molecule has 2 rings (SSSR count). The maximum absolute atomic E-state index is 12.1. The molecule has 2 aliphatic rings. The molecule has 0 aromatic rings. The average molecular weight is 248 g/mol. The van der Waals surface area contributed by atoms with E-state index in [0.717, 1.165) is 25.8 Å². The maximum Gasteiger partial charge on any atom is 0.215 e. The predicted octanol–water partition coefficient (Wildman–Crippen LogP) is -0.211. The summed E-state index contributed by atoms with van der Waals surface area (Å²) in [5.41, 5.74) is 0. The number of rotatable bonds is 4. The lowest BCUT2D eigenvalue weighted by Crippen LogP contribution is -2.43. The van der Waals surface area contributed by atoms with Crippen molar-refractivity contribution in [1.82, 2.24) is 9.62 Å². The standard InChI is InChI=1S/C10H20N2O3S/c1-12(10-4-6-15-7-10)16(13,14)8-9-3-2-5-11-9/h9-11H,2-8H2,1H3. The molecule has 16 heavy (non-hydrogen) atoms. The number of nitrogens with zero attached hydrogens (tertiary/aromatic N) is 1. The summed E-state index contributed by atoms with van der Waals surface area (Å²) in [6.07, 6.45) is 2.86. The van der Waals surface area contributed by atoms with Crippen LogP contribution in [-0.4, -0.2) is 57.4 Å². The van der Waals surface area contributed by atoms with E-state index < -0.39 is 10.0 Å². The second-order valence-corrected chi connectivity index (χ2v) is 6.68. The normalized spacial score (nSPS) is 31.4. The Bertz CT molecular complexity index is 319. The minimum atomic E-state index is -3.14. The summed E-state index contributed by atoms with van der Waals surface area (Å²) >= 11 is 0. The van der Waals surface area contributed by atoms with Crippen molar-refractivity contribution in [3.8, 4) is 0 Å². The van der Waals surface area contributed by atoms with Crippen LogP contribution in [0.15, 0.2) is 0 Å². The molecule has 0 aromatic heterocycles. The molecule has 0 saturated carbocycles. The zero-order chi connectivity index (χ0) is 11.6. The van der Waals surface area contributed by atoms with Gasteiger partial charge in [-0.2, -0.15) is 4.31 Å². The third-order valence-corrected chi connectivity index (χ3v) is 5.43. The van der Waals surface area contributed by atoms with E-state index in [1.165, 1.54) is 4.31 Å². The Kier molecular flexibility index (Phi) is 3.84. The van der Waals surface area contributed by atoms with Crippen molar-refractivity contribution >= 4 is 10.0 Å². The van der Waals surface area contributed by atoms with E-state index in [1.807, 2.05) is 0 Å². The van der Waals surface area contributed by atoms with Crippen LogP contribution in [0.2, 0.25) is 0 Å². The van der Waals surface area contributed by atoms with Crippen LogP contribution in [0, 0.1) is 0 Å². The smallest absolute Gasteiger partial charge is 0.215 e. The van der Waals surface area contributed by atoms with Crippen molar-refractivity contribution < 1.29 is 13.2 Å². The highest BCUT2D eigenvalue weighted by molar-refractivity contribution is 7.89. The quantitative estimate of drug-likeness (QED) is 0.748. The van der Waals surface area contributed by atoms with Crippen molar-refractivity contribution in [2.24, 2.45) is 0 Å². The first-order valence-electron chi connectivity index (χ1n) is 5.86. The molecule has 2 unspecified atom stereocenters. The topological polar surface area (TPSA) is 58.6 Å². The molecular formula is C10H20N2O3S. The molecule has 2 saturated heterocycles. The first kappa shape index (κ1) is 12.3. The molecule has 94 valence electrons. The summed E-state index contributed by atoms with van der Waals surface area (Å²) in [6.45, 7) is 2.15. The minimum absolute atomic E-state index is 0.0337. The van der Waals surface area contributed by atoms with Gasteiger partial charge in [0.2, 0.25) is 10.0 Å². The summed E-state index contributed by atoms with van der Waals surface area (Å²) in [5, 5.41) is 3.22. The van der Waals surface area contributed by atoms with Gasteiger partial charge in [-0.15, -0.1) is 0 Å². The number of likely N-dealkylation sites (N-methyl/N-ethyl adjacent to an activating group) is 1. The van der Waals surface area contributed by atoms with Gasteiger partial charge in [0.1, 0.15) is 0 Å². The second kappa shape index (κ2) is 5.00. The first-order valence-corrected chi connectivity index (χ1v) is 7.47. The number of nitrogens with one attached hydrogen (secondary N) is 1. The van der Waals surface area contributed by atoms with Crippen LogP contribution in [0.3, 0.4) is 0 Å². The monoisotopic (exact) mass is 248 g/mol. The summed E-state index contributed by atoms with van der Waals surface area (Å²) in [4.78, 5) is 0. The van der Waals surface area contributed by atoms with Crippen molar-refractivity contribution in [2.45, 2.75) is 31.3 Å². The summed E-state index contributed by atoms with van der Waals surface area (Å²) in [7, 11) is -1.47. The molecule has 5 nitrogen and oxygen atoms in total. The van der Waals surface area contributed by atoms with Crippen LogP contribution in [0.5, 0.6) is 0 Å². The van der Waals surface area contributed by atoms with Gasteiger partial charge in [0, 0.05) is 19.7 Å². The van der Waals surface area contributed by atoms with Gasteiger partial charge in [-0.25, -0.2) is 8.42 Å². The number of hydrogen-bond donors (Lipinski definition) is 1. The number of sulfonamides is 1. The van der Waals surface area contributed by atoms with Gasteiger partial charge in [0.25, 0.3) is 0 Å². The van der Waals surface area contributed by atoms with Crippen molar-refractivity contribution in [2.75, 3.05) is 32.6 Å². The molecule has 0 spiro atoms. The van der Waals surface area contributed by atoms with Gasteiger partial charge in [0.15, 0.2) is 0 Å². The van der Waals surface area contributed by atoms with E-state index in [0.29, 0.717) is 13.2 Å². The molecule has 0 bridgehead atoms. The Balaban J connectivity index is 1.94. The van der Waals surface area contributed by atoms with Crippen LogP contribution < -0.4 is 5.32 Å². The van der Waals surface area contributed by atoms with E-state index in [9.17, 15) is 8.42 Å². The molecule has 0 aromatic carbocycles. The van der Waals surface area contributed by atoms with Crippen molar-refractivity contribution in [3.05, 3.63) is 0 Å². The van der Waals surface area contributed by atoms with Gasteiger partial charge < -0.3 is 10.1 Å². The summed E-state index contributed by atoms with van der Waals surface area (Å²) < 4.78 is 30.9. The lowest BCUT2D eigenvalue weighted by molar-refractivity contribution is 0.180. The zero-order valence-corrected chi connectivity index (χ0v) is 10.5. The lowest BCUT2D eigenvalue weighted by atomic mass is 10.3. The summed E-state index contributed by atoms with van der Waals surface area (Å²) in [5.74, 6) is 0.222. The van der Waals surface area contributed by atoms with E-state index in [2.05, 4.69) is 5.32 Å². The van der Waals surface area contributed by atoms with Gasteiger partial charge in [0.05, 0.1) is 18.4 Å². The van der Waals surface area contributed by atoms with Gasteiger partial charge >= 0.3 is 0 Å². The summed E-state index contributed by atoms with van der Waals surface area (Å²) in [6, 6.07) is 0.168. The third kappa shape index (κ3) is 2.74. The molecule has 6 heteroatoms. The average Bonchev–Trinajstić information content (AvgIpc) is 2.86. The Morgan fingerprint density at radius 2 is 2.25 bits per heavy atom. The highest BCUT2D eigenvalue weighted by Crippen LogP contribution is 2.17. The number of ether oxygens (including phenoxy) is 1. The first-order chi connectivity index (χ1) is 7.59. The maximum atomic E-state index is 12.1. The van der Waals surface area contributed by atoms with Crippen molar-refractivity contribution in [1.29, 1.82) is 0 Å². The predicted molar refractivity (Wildman–Crippen MR) is 61.8 cm³/mol. The van der Waals surface area contributed by atoms with Crippen LogP contribution in [0.25, 0.3) is 0 Å².